The van der Waals surface area contributed by atoms with E-state index in [2.05, 4.69) is 15.1 Å². The van der Waals surface area contributed by atoms with Crippen LogP contribution in [0.1, 0.15) is 10.4 Å². The van der Waals surface area contributed by atoms with Crippen molar-refractivity contribution in [2.24, 2.45) is 0 Å². The van der Waals surface area contributed by atoms with Crippen LogP contribution in [-0.2, 0) is 10.0 Å². The number of hydrogen-bond donors (Lipinski definition) is 2. The van der Waals surface area contributed by atoms with Gasteiger partial charge < -0.3 is 10.0 Å². The third-order valence-corrected chi connectivity index (χ3v) is 5.96. The van der Waals surface area contributed by atoms with Crippen molar-refractivity contribution in [1.29, 1.82) is 0 Å². The van der Waals surface area contributed by atoms with Crippen LogP contribution in [0.4, 0.5) is 0 Å². The number of carbonyl (C=O) groups is 1. The number of likely N-dealkylation sites (N-methyl/N-ethyl adjacent to an activating group) is 1. The smallest absolute Gasteiger partial charge is 0.335 e. The van der Waals surface area contributed by atoms with Gasteiger partial charge in [0.15, 0.2) is 0 Å². The summed E-state index contributed by atoms with van der Waals surface area (Å²) in [5, 5.41) is 15.8. The molecule has 0 aliphatic carbocycles. The molecule has 1 fully saturated rings. The Hall–Kier alpha value is -2.23. The lowest BCUT2D eigenvalue weighted by Gasteiger charge is -2.31. The first kappa shape index (κ1) is 16.6. The van der Waals surface area contributed by atoms with Gasteiger partial charge >= 0.3 is 5.97 Å². The molecule has 1 saturated heterocycles. The second kappa shape index (κ2) is 6.34. The highest BCUT2D eigenvalue weighted by atomic mass is 32.2. The van der Waals surface area contributed by atoms with Crippen LogP contribution in [-0.4, -0.2) is 72.1 Å². The first-order valence-electron chi connectivity index (χ1n) is 7.44. The Balaban J connectivity index is 2.04. The van der Waals surface area contributed by atoms with E-state index >= 15 is 0 Å². The van der Waals surface area contributed by atoms with E-state index in [4.69, 9.17) is 0 Å². The fourth-order valence-corrected chi connectivity index (χ4v) is 4.12. The number of hydrogen-bond acceptors (Lipinski definition) is 5. The zero-order valence-corrected chi connectivity index (χ0v) is 14.0. The van der Waals surface area contributed by atoms with E-state index in [0.29, 0.717) is 37.3 Å². The SMILES string of the molecule is CN1CCN(S(=O)(=O)c2cc(C(=O)O)cc(-c3cn[nH]c3)c2)CC1. The number of sulfonamides is 1. The molecule has 0 unspecified atom stereocenters. The van der Waals surface area contributed by atoms with E-state index < -0.39 is 16.0 Å². The van der Waals surface area contributed by atoms with Gasteiger partial charge in [0.1, 0.15) is 0 Å². The molecule has 9 heteroatoms. The number of carboxylic acids is 1. The number of carboxylic acid groups (broad SMARTS) is 1. The molecule has 0 atom stereocenters. The molecule has 128 valence electrons. The quantitative estimate of drug-likeness (QED) is 0.841. The molecule has 1 aromatic heterocycles. The van der Waals surface area contributed by atoms with Gasteiger partial charge in [0.2, 0.25) is 10.0 Å². The maximum atomic E-state index is 12.9. The molecule has 0 saturated carbocycles. The van der Waals surface area contributed by atoms with Crippen LogP contribution in [0, 0.1) is 0 Å². The maximum Gasteiger partial charge on any atom is 0.335 e. The summed E-state index contributed by atoms with van der Waals surface area (Å²) >= 11 is 0. The number of rotatable bonds is 4. The number of nitrogens with zero attached hydrogens (tertiary/aromatic N) is 3. The van der Waals surface area contributed by atoms with Crippen LogP contribution in [0.5, 0.6) is 0 Å². The number of aromatic carboxylic acids is 1. The average Bonchev–Trinajstić information content (AvgIpc) is 3.09. The normalized spacial score (nSPS) is 17.0. The molecule has 8 nitrogen and oxygen atoms in total. The van der Waals surface area contributed by atoms with Gasteiger partial charge in [-0.1, -0.05) is 0 Å². The summed E-state index contributed by atoms with van der Waals surface area (Å²) in [6.07, 6.45) is 3.11. The van der Waals surface area contributed by atoms with Gasteiger partial charge in [-0.05, 0) is 30.8 Å². The lowest BCUT2D eigenvalue weighted by Crippen LogP contribution is -2.47. The Morgan fingerprint density at radius 2 is 1.88 bits per heavy atom. The molecule has 0 amide bonds. The van der Waals surface area contributed by atoms with E-state index in [1.54, 1.807) is 6.20 Å². The third kappa shape index (κ3) is 3.18. The minimum Gasteiger partial charge on any atom is -0.478 e. The highest BCUT2D eigenvalue weighted by Crippen LogP contribution is 2.26. The first-order chi connectivity index (χ1) is 11.4. The first-order valence-corrected chi connectivity index (χ1v) is 8.88. The lowest BCUT2D eigenvalue weighted by atomic mass is 10.1. The highest BCUT2D eigenvalue weighted by Gasteiger charge is 2.28. The topological polar surface area (TPSA) is 107 Å². The second-order valence-electron chi connectivity index (χ2n) is 5.75. The number of benzene rings is 1. The molecule has 0 radical (unpaired) electrons. The summed E-state index contributed by atoms with van der Waals surface area (Å²) in [5.74, 6) is -1.17. The lowest BCUT2D eigenvalue weighted by molar-refractivity contribution is 0.0696. The summed E-state index contributed by atoms with van der Waals surface area (Å²) in [4.78, 5) is 13.4. The zero-order valence-electron chi connectivity index (χ0n) is 13.1. The second-order valence-corrected chi connectivity index (χ2v) is 7.68. The van der Waals surface area contributed by atoms with Gasteiger partial charge in [0, 0.05) is 37.9 Å². The molecule has 1 aliphatic heterocycles. The predicted molar refractivity (Wildman–Crippen MR) is 87.2 cm³/mol. The minimum absolute atomic E-state index is 0.0110. The Kier molecular flexibility index (Phi) is 4.39. The Bertz CT molecular complexity index is 840. The van der Waals surface area contributed by atoms with Gasteiger partial charge in [-0.3, -0.25) is 5.10 Å². The van der Waals surface area contributed by atoms with E-state index in [-0.39, 0.29) is 10.5 Å². The molecule has 2 heterocycles. The fourth-order valence-electron chi connectivity index (χ4n) is 2.62. The largest absolute Gasteiger partial charge is 0.478 e. The van der Waals surface area contributed by atoms with E-state index in [0.717, 1.165) is 0 Å². The van der Waals surface area contributed by atoms with Crippen molar-refractivity contribution in [1.82, 2.24) is 19.4 Å². The number of H-pyrrole nitrogens is 1. The zero-order chi connectivity index (χ0) is 17.3. The molecule has 3 rings (SSSR count). The van der Waals surface area contributed by atoms with Crippen LogP contribution < -0.4 is 0 Å². The van der Waals surface area contributed by atoms with E-state index in [1.165, 1.54) is 28.7 Å². The Labute approximate surface area is 139 Å². The molecule has 1 aliphatic rings. The summed E-state index contributed by atoms with van der Waals surface area (Å²) in [6.45, 7) is 2.06. The van der Waals surface area contributed by atoms with Crippen molar-refractivity contribution >= 4 is 16.0 Å². The highest BCUT2D eigenvalue weighted by molar-refractivity contribution is 7.89. The van der Waals surface area contributed by atoms with E-state index in [1.807, 2.05) is 7.05 Å². The van der Waals surface area contributed by atoms with Crippen molar-refractivity contribution in [2.45, 2.75) is 4.90 Å². The third-order valence-electron chi connectivity index (χ3n) is 4.09. The van der Waals surface area contributed by atoms with E-state index in [9.17, 15) is 18.3 Å². The molecule has 0 spiro atoms. The van der Waals surface area contributed by atoms with Gasteiger partial charge in [0.25, 0.3) is 0 Å². The van der Waals surface area contributed by atoms with Crippen molar-refractivity contribution in [2.75, 3.05) is 33.2 Å². The molecular formula is C15H18N4O4S. The predicted octanol–water partition coefficient (Wildman–Crippen LogP) is 0.711. The van der Waals surface area contributed by atoms with Crippen molar-refractivity contribution in [3.8, 4) is 11.1 Å². The van der Waals surface area contributed by atoms with Crippen LogP contribution in [0.15, 0.2) is 35.5 Å². The Morgan fingerprint density at radius 3 is 2.46 bits per heavy atom. The van der Waals surface area contributed by atoms with Crippen LogP contribution in [0.25, 0.3) is 11.1 Å². The van der Waals surface area contributed by atoms with Crippen molar-refractivity contribution in [3.05, 3.63) is 36.2 Å². The molecule has 2 aromatic rings. The maximum absolute atomic E-state index is 12.9. The molecule has 0 bridgehead atoms. The van der Waals surface area contributed by atoms with Crippen LogP contribution >= 0.6 is 0 Å². The van der Waals surface area contributed by atoms with Gasteiger partial charge in [0.05, 0.1) is 16.7 Å². The van der Waals surface area contributed by atoms with Crippen molar-refractivity contribution in [3.63, 3.8) is 0 Å². The molecule has 1 aromatic carbocycles. The molecule has 2 N–H and O–H groups in total. The molecule has 24 heavy (non-hydrogen) atoms. The minimum atomic E-state index is -3.74. The molecular weight excluding hydrogens is 332 g/mol. The number of nitrogens with one attached hydrogen (secondary N) is 1. The average molecular weight is 350 g/mol. The fraction of sp³-hybridized carbons (Fsp3) is 0.333. The number of aromatic nitrogens is 2. The van der Waals surface area contributed by atoms with Gasteiger partial charge in [-0.15, -0.1) is 0 Å². The Morgan fingerprint density at radius 1 is 1.17 bits per heavy atom. The van der Waals surface area contributed by atoms with Crippen LogP contribution in [0.3, 0.4) is 0 Å². The van der Waals surface area contributed by atoms with Crippen molar-refractivity contribution < 1.29 is 18.3 Å². The number of aromatic amines is 1. The summed E-state index contributed by atoms with van der Waals surface area (Å²) in [7, 11) is -1.81. The monoisotopic (exact) mass is 350 g/mol. The summed E-state index contributed by atoms with van der Waals surface area (Å²) in [5.41, 5.74) is 1.06. The summed E-state index contributed by atoms with van der Waals surface area (Å²) in [6, 6.07) is 4.14. The van der Waals surface area contributed by atoms with Gasteiger partial charge in [-0.2, -0.15) is 9.40 Å². The van der Waals surface area contributed by atoms with Crippen LogP contribution in [0.2, 0.25) is 0 Å². The summed E-state index contributed by atoms with van der Waals surface area (Å²) < 4.78 is 27.2. The standard InChI is InChI=1S/C15H18N4O4S/c1-18-2-4-19(5-3-18)24(22,23)14-7-11(13-9-16-17-10-13)6-12(8-14)15(20)21/h6-10H,2-5H2,1H3,(H,16,17)(H,20,21). The number of piperazine rings is 1. The van der Waals surface area contributed by atoms with Gasteiger partial charge in [-0.25, -0.2) is 13.2 Å².